The average Bonchev–Trinajstić information content (AvgIpc) is 2.42. The summed E-state index contributed by atoms with van der Waals surface area (Å²) in [5, 5.41) is 12.7. The Morgan fingerprint density at radius 2 is 1.71 bits per heavy atom. The molecule has 2 rings (SSSR count). The molecule has 0 unspecified atom stereocenters. The Bertz CT molecular complexity index is 716. The minimum atomic E-state index is -1.71. The molecule has 0 fully saturated rings. The molecule has 5 nitrogen and oxygen atoms in total. The van der Waals surface area contributed by atoms with Gasteiger partial charge in [0.2, 0.25) is 5.82 Å². The van der Waals surface area contributed by atoms with E-state index < -0.39 is 45.4 Å². The highest BCUT2D eigenvalue weighted by Gasteiger charge is 2.23. The maximum atomic E-state index is 13.5. The number of nitrogens with zero attached hydrogens (tertiary/aromatic N) is 2. The summed E-state index contributed by atoms with van der Waals surface area (Å²) in [7, 11) is 0. The number of hydrogen-bond acceptors (Lipinski definition) is 4. The van der Waals surface area contributed by atoms with Crippen molar-refractivity contribution in [3.05, 3.63) is 56.2 Å². The molecule has 2 aromatic rings. The molecule has 0 aliphatic carbocycles. The Morgan fingerprint density at radius 1 is 1.14 bits per heavy atom. The molecule has 0 bridgehead atoms. The zero-order valence-electron chi connectivity index (χ0n) is 9.83. The van der Waals surface area contributed by atoms with Crippen LogP contribution in [0.4, 0.5) is 34.8 Å². The summed E-state index contributed by atoms with van der Waals surface area (Å²) in [4.78, 5) is 13.5. The number of nitro groups is 1. The molecule has 21 heavy (non-hydrogen) atoms. The Hall–Kier alpha value is -2.23. The second kappa shape index (κ2) is 5.64. The van der Waals surface area contributed by atoms with E-state index in [4.69, 9.17) is 0 Å². The SMILES string of the molecule is O=[N+]([O-])c1cc(Br)cnc1Nc1c(F)c(F)cc(F)c1F. The van der Waals surface area contributed by atoms with Gasteiger partial charge < -0.3 is 5.32 Å². The molecule has 0 aliphatic rings. The van der Waals surface area contributed by atoms with E-state index in [2.05, 4.69) is 20.9 Å². The molecule has 110 valence electrons. The lowest BCUT2D eigenvalue weighted by Gasteiger charge is -2.09. The molecule has 0 saturated heterocycles. The average molecular weight is 366 g/mol. The lowest BCUT2D eigenvalue weighted by molar-refractivity contribution is -0.384. The monoisotopic (exact) mass is 365 g/mol. The molecule has 10 heteroatoms. The predicted molar refractivity (Wildman–Crippen MR) is 68.1 cm³/mol. The van der Waals surface area contributed by atoms with Crippen LogP contribution in [-0.2, 0) is 0 Å². The molecular weight excluding hydrogens is 362 g/mol. The first-order valence-corrected chi connectivity index (χ1v) is 6.00. The maximum absolute atomic E-state index is 13.5. The zero-order valence-corrected chi connectivity index (χ0v) is 11.4. The first-order valence-electron chi connectivity index (χ1n) is 5.21. The summed E-state index contributed by atoms with van der Waals surface area (Å²) in [6.45, 7) is 0. The third kappa shape index (κ3) is 2.94. The van der Waals surface area contributed by atoms with Crippen molar-refractivity contribution in [3.63, 3.8) is 0 Å². The molecular formula is C11H4BrF4N3O2. The molecule has 0 spiro atoms. The van der Waals surface area contributed by atoms with Gasteiger partial charge in [-0.05, 0) is 15.9 Å². The number of halogens is 5. The molecule has 0 saturated carbocycles. The minimum Gasteiger partial charge on any atom is -0.329 e. The summed E-state index contributed by atoms with van der Waals surface area (Å²) in [5.74, 6) is -7.28. The number of nitrogens with one attached hydrogen (secondary N) is 1. The summed E-state index contributed by atoms with van der Waals surface area (Å²) >= 11 is 2.94. The topological polar surface area (TPSA) is 68.1 Å². The van der Waals surface area contributed by atoms with E-state index in [1.54, 1.807) is 0 Å². The molecule has 0 amide bonds. The van der Waals surface area contributed by atoms with E-state index in [0.717, 1.165) is 12.3 Å². The van der Waals surface area contributed by atoms with E-state index in [1.807, 2.05) is 5.32 Å². The van der Waals surface area contributed by atoms with Crippen LogP contribution in [0, 0.1) is 33.4 Å². The van der Waals surface area contributed by atoms with Crippen molar-refractivity contribution in [1.82, 2.24) is 4.98 Å². The highest BCUT2D eigenvalue weighted by molar-refractivity contribution is 9.10. The molecule has 0 radical (unpaired) electrons. The van der Waals surface area contributed by atoms with Crippen LogP contribution >= 0.6 is 15.9 Å². The van der Waals surface area contributed by atoms with Gasteiger partial charge in [-0.25, -0.2) is 22.5 Å². The number of pyridine rings is 1. The number of aromatic nitrogens is 1. The van der Waals surface area contributed by atoms with Gasteiger partial charge in [-0.1, -0.05) is 0 Å². The van der Waals surface area contributed by atoms with Crippen LogP contribution in [0.1, 0.15) is 0 Å². The lowest BCUT2D eigenvalue weighted by Crippen LogP contribution is -2.06. The van der Waals surface area contributed by atoms with Crippen LogP contribution in [0.5, 0.6) is 0 Å². The van der Waals surface area contributed by atoms with Crippen molar-refractivity contribution in [3.8, 4) is 0 Å². The predicted octanol–water partition coefficient (Wildman–Crippen LogP) is 4.05. The maximum Gasteiger partial charge on any atom is 0.312 e. The summed E-state index contributed by atoms with van der Waals surface area (Å²) < 4.78 is 53.3. The molecule has 1 aromatic carbocycles. The minimum absolute atomic E-state index is 0.0271. The van der Waals surface area contributed by atoms with Crippen LogP contribution in [-0.4, -0.2) is 9.91 Å². The normalized spacial score (nSPS) is 10.5. The van der Waals surface area contributed by atoms with Gasteiger partial charge in [0.05, 0.1) is 4.92 Å². The van der Waals surface area contributed by atoms with Crippen LogP contribution < -0.4 is 5.32 Å². The smallest absolute Gasteiger partial charge is 0.312 e. The van der Waals surface area contributed by atoms with Crippen molar-refractivity contribution in [2.75, 3.05) is 5.32 Å². The van der Waals surface area contributed by atoms with Gasteiger partial charge in [-0.2, -0.15) is 0 Å². The Balaban J connectivity index is 2.56. The standard InChI is InChI=1S/C11H4BrF4N3O2/c12-4-1-7(19(20)21)11(17-3-4)18-10-8(15)5(13)2-6(14)9(10)16/h1-3H,(H,17,18). The zero-order chi connectivity index (χ0) is 15.7. The van der Waals surface area contributed by atoms with Gasteiger partial charge in [-0.15, -0.1) is 0 Å². The summed E-state index contributed by atoms with van der Waals surface area (Å²) in [6.07, 6.45) is 1.11. The fourth-order valence-corrected chi connectivity index (χ4v) is 1.78. The molecule has 1 heterocycles. The summed E-state index contributed by atoms with van der Waals surface area (Å²) in [6, 6.07) is 1.04. The van der Waals surface area contributed by atoms with E-state index >= 15 is 0 Å². The first kappa shape index (κ1) is 15.2. The van der Waals surface area contributed by atoms with Gasteiger partial charge >= 0.3 is 5.69 Å². The van der Waals surface area contributed by atoms with Gasteiger partial charge in [0.15, 0.2) is 23.3 Å². The highest BCUT2D eigenvalue weighted by atomic mass is 79.9. The Labute approximate surface area is 122 Å². The second-order valence-corrected chi connectivity index (χ2v) is 4.66. The van der Waals surface area contributed by atoms with Gasteiger partial charge in [-0.3, -0.25) is 10.1 Å². The van der Waals surface area contributed by atoms with Gasteiger partial charge in [0, 0.05) is 22.8 Å². The lowest BCUT2D eigenvalue weighted by atomic mass is 10.2. The summed E-state index contributed by atoms with van der Waals surface area (Å²) in [5.41, 5.74) is -1.83. The third-order valence-electron chi connectivity index (χ3n) is 2.39. The molecule has 0 atom stereocenters. The Morgan fingerprint density at radius 3 is 2.24 bits per heavy atom. The number of hydrogen-bond donors (Lipinski definition) is 1. The number of rotatable bonds is 3. The van der Waals surface area contributed by atoms with E-state index in [1.165, 1.54) is 0 Å². The highest BCUT2D eigenvalue weighted by Crippen LogP contribution is 2.31. The third-order valence-corrected chi connectivity index (χ3v) is 2.82. The van der Waals surface area contributed by atoms with E-state index in [0.29, 0.717) is 0 Å². The fourth-order valence-electron chi connectivity index (χ4n) is 1.47. The largest absolute Gasteiger partial charge is 0.329 e. The van der Waals surface area contributed by atoms with Crippen molar-refractivity contribution in [2.45, 2.75) is 0 Å². The van der Waals surface area contributed by atoms with Crippen molar-refractivity contribution in [2.24, 2.45) is 0 Å². The first-order chi connectivity index (χ1) is 9.81. The van der Waals surface area contributed by atoms with Crippen molar-refractivity contribution in [1.29, 1.82) is 0 Å². The van der Waals surface area contributed by atoms with Crippen molar-refractivity contribution < 1.29 is 22.5 Å². The van der Waals surface area contributed by atoms with E-state index in [-0.39, 0.29) is 10.5 Å². The van der Waals surface area contributed by atoms with Crippen LogP contribution in [0.25, 0.3) is 0 Å². The van der Waals surface area contributed by atoms with Crippen LogP contribution in [0.2, 0.25) is 0 Å². The van der Waals surface area contributed by atoms with Crippen LogP contribution in [0.3, 0.4) is 0 Å². The van der Waals surface area contributed by atoms with Gasteiger partial charge in [0.25, 0.3) is 0 Å². The van der Waals surface area contributed by atoms with Gasteiger partial charge in [0.1, 0.15) is 5.69 Å². The van der Waals surface area contributed by atoms with E-state index in [9.17, 15) is 27.7 Å². The van der Waals surface area contributed by atoms with Crippen molar-refractivity contribution >= 4 is 33.1 Å². The second-order valence-electron chi connectivity index (χ2n) is 3.75. The molecule has 0 aliphatic heterocycles. The van der Waals surface area contributed by atoms with Crippen LogP contribution in [0.15, 0.2) is 22.8 Å². The quantitative estimate of drug-likeness (QED) is 0.385. The Kier molecular flexibility index (Phi) is 4.07. The molecule has 1 N–H and O–H groups in total. The number of benzene rings is 1. The number of anilines is 2. The molecule has 1 aromatic heterocycles. The fraction of sp³-hybridized carbons (Fsp3) is 0.